The molecule has 0 saturated carbocycles. The van der Waals surface area contributed by atoms with Crippen LogP contribution in [0.4, 0.5) is 14.5 Å². The first-order chi connectivity index (χ1) is 8.49. The highest BCUT2D eigenvalue weighted by atomic mass is 79.9. The molecule has 0 spiro atoms. The van der Waals surface area contributed by atoms with E-state index in [0.717, 1.165) is 10.9 Å². The minimum atomic E-state index is -0.706. The summed E-state index contributed by atoms with van der Waals surface area (Å²) in [5.74, 6) is -1.34. The predicted molar refractivity (Wildman–Crippen MR) is 73.5 cm³/mol. The van der Waals surface area contributed by atoms with Crippen molar-refractivity contribution in [3.05, 3.63) is 42.7 Å². The fourth-order valence-corrected chi connectivity index (χ4v) is 3.03. The van der Waals surface area contributed by atoms with Gasteiger partial charge >= 0.3 is 0 Å². The minimum Gasteiger partial charge on any atom is -0.377 e. The Morgan fingerprint density at radius 1 is 1.39 bits per heavy atom. The van der Waals surface area contributed by atoms with Gasteiger partial charge in [0.2, 0.25) is 0 Å². The van der Waals surface area contributed by atoms with Crippen LogP contribution in [0.5, 0.6) is 0 Å². The molecule has 0 aliphatic carbocycles. The van der Waals surface area contributed by atoms with Gasteiger partial charge in [0.1, 0.15) is 5.82 Å². The number of nitrogens with one attached hydrogen (secondary N) is 1. The van der Waals surface area contributed by atoms with E-state index in [1.165, 1.54) is 11.3 Å². The van der Waals surface area contributed by atoms with E-state index in [-0.39, 0.29) is 15.2 Å². The van der Waals surface area contributed by atoms with E-state index in [0.29, 0.717) is 11.0 Å². The van der Waals surface area contributed by atoms with Crippen molar-refractivity contribution in [3.8, 4) is 0 Å². The Balaban J connectivity index is 2.22. The largest absolute Gasteiger partial charge is 0.377 e. The summed E-state index contributed by atoms with van der Waals surface area (Å²) in [6, 6.07) is 0.920. The molecule has 1 aromatic carbocycles. The molecule has 96 valence electrons. The molecule has 0 radical (unpaired) electrons. The van der Waals surface area contributed by atoms with E-state index < -0.39 is 11.6 Å². The van der Waals surface area contributed by atoms with E-state index in [9.17, 15) is 8.78 Å². The third-order valence-corrected chi connectivity index (χ3v) is 4.21. The van der Waals surface area contributed by atoms with Crippen LogP contribution in [0.2, 0.25) is 9.49 Å². The lowest BCUT2D eigenvalue weighted by Crippen LogP contribution is -2.02. The zero-order valence-corrected chi connectivity index (χ0v) is 12.5. The average molecular weight is 374 g/mol. The third kappa shape index (κ3) is 2.93. The van der Waals surface area contributed by atoms with E-state index in [2.05, 4.69) is 26.2 Å². The predicted octanol–water partition coefficient (Wildman–Crippen LogP) is 5.10. The Morgan fingerprint density at radius 3 is 2.72 bits per heavy atom. The van der Waals surface area contributed by atoms with Gasteiger partial charge in [-0.1, -0.05) is 23.2 Å². The molecule has 1 N–H and O–H groups in total. The van der Waals surface area contributed by atoms with Crippen molar-refractivity contribution in [1.82, 2.24) is 4.98 Å². The van der Waals surface area contributed by atoms with Gasteiger partial charge in [-0.15, -0.1) is 11.3 Å². The van der Waals surface area contributed by atoms with Crippen molar-refractivity contribution >= 4 is 56.2 Å². The highest BCUT2D eigenvalue weighted by molar-refractivity contribution is 9.10. The summed E-state index contributed by atoms with van der Waals surface area (Å²) in [6.07, 6.45) is 1.57. The van der Waals surface area contributed by atoms with Crippen LogP contribution in [0, 0.1) is 11.6 Å². The van der Waals surface area contributed by atoms with Gasteiger partial charge in [0.15, 0.2) is 10.3 Å². The molecule has 0 atom stereocenters. The molecule has 18 heavy (non-hydrogen) atoms. The van der Waals surface area contributed by atoms with Crippen molar-refractivity contribution in [2.75, 3.05) is 5.32 Å². The van der Waals surface area contributed by atoms with Gasteiger partial charge in [-0.3, -0.25) is 0 Å². The topological polar surface area (TPSA) is 24.9 Å². The molecular weight excluding hydrogens is 369 g/mol. The third-order valence-electron chi connectivity index (χ3n) is 2.08. The molecule has 0 fully saturated rings. The maximum absolute atomic E-state index is 13.6. The number of rotatable bonds is 3. The Kier molecular flexibility index (Phi) is 4.42. The van der Waals surface area contributed by atoms with Gasteiger partial charge in [0.05, 0.1) is 21.7 Å². The molecule has 1 heterocycles. The van der Waals surface area contributed by atoms with E-state index in [1.807, 2.05) is 0 Å². The smallest absolute Gasteiger partial charge is 0.183 e. The maximum atomic E-state index is 13.6. The van der Waals surface area contributed by atoms with Crippen molar-refractivity contribution in [1.29, 1.82) is 0 Å². The lowest BCUT2D eigenvalue weighted by Gasteiger charge is -2.10. The summed E-state index contributed by atoms with van der Waals surface area (Å²) >= 11 is 15.4. The van der Waals surface area contributed by atoms with Gasteiger partial charge in [0.25, 0.3) is 0 Å². The highest BCUT2D eigenvalue weighted by Crippen LogP contribution is 2.33. The van der Waals surface area contributed by atoms with Gasteiger partial charge in [-0.25, -0.2) is 13.8 Å². The molecule has 1 aromatic heterocycles. The van der Waals surface area contributed by atoms with Crippen LogP contribution >= 0.6 is 50.5 Å². The van der Waals surface area contributed by atoms with Gasteiger partial charge < -0.3 is 5.32 Å². The Labute approximate surface area is 124 Å². The highest BCUT2D eigenvalue weighted by Gasteiger charge is 2.15. The fourth-order valence-electron chi connectivity index (χ4n) is 1.27. The molecule has 8 heteroatoms. The molecule has 0 unspecified atom stereocenters. The lowest BCUT2D eigenvalue weighted by molar-refractivity contribution is 0.597. The number of aromatic nitrogens is 1. The average Bonchev–Trinajstić information content (AvgIpc) is 2.72. The van der Waals surface area contributed by atoms with Crippen LogP contribution in [0.15, 0.2) is 16.7 Å². The monoisotopic (exact) mass is 372 g/mol. The molecule has 0 saturated heterocycles. The molecule has 0 amide bonds. The van der Waals surface area contributed by atoms with Crippen LogP contribution in [-0.4, -0.2) is 4.98 Å². The molecule has 0 bridgehead atoms. The first-order valence-corrected chi connectivity index (χ1v) is 7.02. The number of hydrogen-bond acceptors (Lipinski definition) is 3. The second-order valence-electron chi connectivity index (χ2n) is 3.28. The van der Waals surface area contributed by atoms with E-state index >= 15 is 0 Å². The molecule has 0 aliphatic rings. The van der Waals surface area contributed by atoms with Crippen LogP contribution in [0.3, 0.4) is 0 Å². The van der Waals surface area contributed by atoms with Gasteiger partial charge in [-0.2, -0.15) is 0 Å². The first kappa shape index (κ1) is 14.0. The minimum absolute atomic E-state index is 0.0152. The quantitative estimate of drug-likeness (QED) is 0.597. The number of anilines is 1. The zero-order chi connectivity index (χ0) is 13.3. The number of nitrogens with zero attached hydrogens (tertiary/aromatic N) is 1. The summed E-state index contributed by atoms with van der Waals surface area (Å²) in [5.41, 5.74) is 0.0152. The number of thiazole rings is 1. The molecule has 2 rings (SSSR count). The van der Waals surface area contributed by atoms with Crippen molar-refractivity contribution in [2.24, 2.45) is 0 Å². The van der Waals surface area contributed by atoms with Crippen molar-refractivity contribution in [3.63, 3.8) is 0 Å². The zero-order valence-electron chi connectivity index (χ0n) is 8.61. The van der Waals surface area contributed by atoms with E-state index in [4.69, 9.17) is 23.2 Å². The standard InChI is InChI=1S/C10H5BrCl2F2N2S/c11-7-8(15)5(12)1-6(14)9(7)16-2-4-3-17-10(13)18-4/h1,3,16H,2H2. The number of benzene rings is 1. The van der Waals surface area contributed by atoms with Crippen molar-refractivity contribution in [2.45, 2.75) is 6.54 Å². The van der Waals surface area contributed by atoms with Crippen LogP contribution in [-0.2, 0) is 6.54 Å². The Hall–Kier alpha value is -0.430. The van der Waals surface area contributed by atoms with Gasteiger partial charge in [0, 0.05) is 11.1 Å². The number of halogens is 5. The van der Waals surface area contributed by atoms with Gasteiger partial charge in [-0.05, 0) is 22.0 Å². The summed E-state index contributed by atoms with van der Waals surface area (Å²) in [7, 11) is 0. The second-order valence-corrected chi connectivity index (χ2v) is 6.17. The first-order valence-electron chi connectivity index (χ1n) is 4.66. The Bertz CT molecular complexity index is 591. The summed E-state index contributed by atoms with van der Waals surface area (Å²) in [4.78, 5) is 4.66. The SMILES string of the molecule is Fc1cc(Cl)c(F)c(Br)c1NCc1cnc(Cl)s1. The number of hydrogen-bond donors (Lipinski definition) is 1. The van der Waals surface area contributed by atoms with Crippen LogP contribution in [0.25, 0.3) is 0 Å². The van der Waals surface area contributed by atoms with E-state index in [1.54, 1.807) is 6.20 Å². The molecule has 2 aromatic rings. The van der Waals surface area contributed by atoms with Crippen LogP contribution in [0.1, 0.15) is 4.88 Å². The summed E-state index contributed by atoms with van der Waals surface area (Å²) in [5, 5.41) is 2.50. The maximum Gasteiger partial charge on any atom is 0.183 e. The Morgan fingerprint density at radius 2 is 2.11 bits per heavy atom. The summed E-state index contributed by atoms with van der Waals surface area (Å²) < 4.78 is 27.5. The molecule has 0 aliphatic heterocycles. The summed E-state index contributed by atoms with van der Waals surface area (Å²) in [6.45, 7) is 0.293. The molecular formula is C10H5BrCl2F2N2S. The molecule has 2 nitrogen and oxygen atoms in total. The van der Waals surface area contributed by atoms with Crippen molar-refractivity contribution < 1.29 is 8.78 Å². The normalized spacial score (nSPS) is 10.7. The second kappa shape index (κ2) is 5.69. The van der Waals surface area contributed by atoms with Crippen LogP contribution < -0.4 is 5.32 Å². The lowest BCUT2D eigenvalue weighted by atomic mass is 10.3. The fraction of sp³-hybridized carbons (Fsp3) is 0.100.